The van der Waals surface area contributed by atoms with Gasteiger partial charge in [-0.25, -0.2) is 0 Å². The zero-order valence-electron chi connectivity index (χ0n) is 11.9. The van der Waals surface area contributed by atoms with Crippen molar-refractivity contribution in [1.82, 2.24) is 5.32 Å². The molecule has 5 nitrogen and oxygen atoms in total. The first-order valence-electron chi connectivity index (χ1n) is 6.16. The summed E-state index contributed by atoms with van der Waals surface area (Å²) in [5.41, 5.74) is 0.976. The molecule has 1 N–H and O–H groups in total. The highest BCUT2D eigenvalue weighted by molar-refractivity contribution is 5.77. The van der Waals surface area contributed by atoms with Gasteiger partial charge in [0.25, 0.3) is 0 Å². The minimum atomic E-state index is -0.135. The van der Waals surface area contributed by atoms with Crippen molar-refractivity contribution in [3.05, 3.63) is 23.8 Å². The molecule has 106 valence electrons. The quantitative estimate of drug-likeness (QED) is 0.820. The van der Waals surface area contributed by atoms with Crippen LogP contribution in [-0.2, 0) is 9.53 Å². The van der Waals surface area contributed by atoms with E-state index >= 15 is 0 Å². The molecular weight excluding hydrogens is 246 g/mol. The van der Waals surface area contributed by atoms with Crippen molar-refractivity contribution < 1.29 is 19.0 Å². The number of rotatable bonds is 7. The molecule has 1 unspecified atom stereocenters. The summed E-state index contributed by atoms with van der Waals surface area (Å²) in [6, 6.07) is 5.56. The van der Waals surface area contributed by atoms with Gasteiger partial charge in [-0.15, -0.1) is 0 Å². The summed E-state index contributed by atoms with van der Waals surface area (Å²) in [5.74, 6) is 1.19. The van der Waals surface area contributed by atoms with E-state index in [4.69, 9.17) is 14.2 Å². The van der Waals surface area contributed by atoms with E-state index in [0.717, 1.165) is 12.0 Å². The van der Waals surface area contributed by atoms with E-state index in [1.807, 2.05) is 25.1 Å². The van der Waals surface area contributed by atoms with Gasteiger partial charge >= 0.3 is 0 Å². The number of hydrogen-bond donors (Lipinski definition) is 1. The predicted octanol–water partition coefficient (Wildman–Crippen LogP) is 1.92. The Morgan fingerprint density at radius 3 is 2.42 bits per heavy atom. The second-order valence-electron chi connectivity index (χ2n) is 4.08. The van der Waals surface area contributed by atoms with Crippen LogP contribution in [-0.4, -0.2) is 33.8 Å². The fourth-order valence-corrected chi connectivity index (χ4v) is 1.86. The maximum atomic E-state index is 11.6. The van der Waals surface area contributed by atoms with Crippen molar-refractivity contribution in [3.8, 4) is 11.5 Å². The van der Waals surface area contributed by atoms with E-state index in [-0.39, 0.29) is 18.6 Å². The highest BCUT2D eigenvalue weighted by Gasteiger charge is 2.15. The average Bonchev–Trinajstić information content (AvgIpc) is 2.44. The molecule has 1 rings (SSSR count). The van der Waals surface area contributed by atoms with Crippen LogP contribution in [0, 0.1) is 0 Å². The molecule has 1 amide bonds. The molecule has 0 radical (unpaired) electrons. The van der Waals surface area contributed by atoms with Crippen molar-refractivity contribution >= 4 is 5.91 Å². The SMILES string of the molecule is CCC(NC(=O)COC)c1ccc(OC)c(OC)c1. The first-order valence-corrected chi connectivity index (χ1v) is 6.16. The van der Waals surface area contributed by atoms with Gasteiger partial charge in [-0.05, 0) is 24.1 Å². The molecule has 0 heterocycles. The lowest BCUT2D eigenvalue weighted by Crippen LogP contribution is -2.31. The Kier molecular flexibility index (Phi) is 6.15. The second kappa shape index (κ2) is 7.63. The van der Waals surface area contributed by atoms with Crippen LogP contribution >= 0.6 is 0 Å². The van der Waals surface area contributed by atoms with Gasteiger partial charge in [-0.1, -0.05) is 13.0 Å². The van der Waals surface area contributed by atoms with Gasteiger partial charge in [0.05, 0.1) is 20.3 Å². The van der Waals surface area contributed by atoms with Crippen molar-refractivity contribution in [3.63, 3.8) is 0 Å². The van der Waals surface area contributed by atoms with Gasteiger partial charge in [0.1, 0.15) is 6.61 Å². The Morgan fingerprint density at radius 1 is 1.21 bits per heavy atom. The average molecular weight is 267 g/mol. The molecule has 0 aliphatic heterocycles. The fraction of sp³-hybridized carbons (Fsp3) is 0.500. The third-order valence-electron chi connectivity index (χ3n) is 2.83. The molecule has 0 saturated carbocycles. The van der Waals surface area contributed by atoms with Gasteiger partial charge in [0.15, 0.2) is 11.5 Å². The standard InChI is InChI=1S/C14H21NO4/c1-5-11(15-14(16)9-17-2)10-6-7-12(18-3)13(8-10)19-4/h6-8,11H,5,9H2,1-4H3,(H,15,16). The highest BCUT2D eigenvalue weighted by Crippen LogP contribution is 2.30. The summed E-state index contributed by atoms with van der Waals surface area (Å²) in [5, 5.41) is 2.91. The van der Waals surface area contributed by atoms with Crippen LogP contribution in [0.2, 0.25) is 0 Å². The van der Waals surface area contributed by atoms with Gasteiger partial charge in [-0.2, -0.15) is 0 Å². The van der Waals surface area contributed by atoms with Crippen LogP contribution in [0.25, 0.3) is 0 Å². The van der Waals surface area contributed by atoms with Crippen LogP contribution in [0.4, 0.5) is 0 Å². The number of hydrogen-bond acceptors (Lipinski definition) is 4. The Hall–Kier alpha value is -1.75. The first kappa shape index (κ1) is 15.3. The summed E-state index contributed by atoms with van der Waals surface area (Å²) in [4.78, 5) is 11.6. The monoisotopic (exact) mass is 267 g/mol. The molecule has 0 saturated heterocycles. The zero-order valence-corrected chi connectivity index (χ0v) is 11.9. The molecule has 0 aromatic heterocycles. The lowest BCUT2D eigenvalue weighted by Gasteiger charge is -2.19. The van der Waals surface area contributed by atoms with Gasteiger partial charge in [-0.3, -0.25) is 4.79 Å². The Morgan fingerprint density at radius 2 is 1.89 bits per heavy atom. The van der Waals surface area contributed by atoms with Crippen LogP contribution in [0.5, 0.6) is 11.5 Å². The van der Waals surface area contributed by atoms with Gasteiger partial charge < -0.3 is 19.5 Å². The maximum absolute atomic E-state index is 11.6. The van der Waals surface area contributed by atoms with Crippen LogP contribution in [0.1, 0.15) is 24.9 Å². The summed E-state index contributed by atoms with van der Waals surface area (Å²) in [6.07, 6.45) is 0.783. The minimum absolute atomic E-state index is 0.0593. The topological polar surface area (TPSA) is 56.8 Å². The summed E-state index contributed by atoms with van der Waals surface area (Å²) in [6.45, 7) is 2.07. The smallest absolute Gasteiger partial charge is 0.246 e. The molecule has 0 spiro atoms. The van der Waals surface area contributed by atoms with Crippen LogP contribution in [0.15, 0.2) is 18.2 Å². The van der Waals surface area contributed by atoms with E-state index in [0.29, 0.717) is 11.5 Å². The Bertz CT molecular complexity index is 420. The number of nitrogens with one attached hydrogen (secondary N) is 1. The molecule has 0 bridgehead atoms. The number of benzene rings is 1. The van der Waals surface area contributed by atoms with Crippen LogP contribution in [0.3, 0.4) is 0 Å². The van der Waals surface area contributed by atoms with Crippen molar-refractivity contribution in [1.29, 1.82) is 0 Å². The normalized spacial score (nSPS) is 11.8. The zero-order chi connectivity index (χ0) is 14.3. The highest BCUT2D eigenvalue weighted by atomic mass is 16.5. The molecular formula is C14H21NO4. The summed E-state index contributed by atoms with van der Waals surface area (Å²) >= 11 is 0. The Balaban J connectivity index is 2.89. The van der Waals surface area contributed by atoms with E-state index in [1.165, 1.54) is 7.11 Å². The molecule has 1 atom stereocenters. The van der Waals surface area contributed by atoms with Crippen molar-refractivity contribution in [2.45, 2.75) is 19.4 Å². The predicted molar refractivity (Wildman–Crippen MR) is 72.6 cm³/mol. The van der Waals surface area contributed by atoms with Gasteiger partial charge in [0, 0.05) is 7.11 Å². The number of ether oxygens (including phenoxy) is 3. The minimum Gasteiger partial charge on any atom is -0.493 e. The lowest BCUT2D eigenvalue weighted by molar-refractivity contribution is -0.125. The lowest BCUT2D eigenvalue weighted by atomic mass is 10.0. The van der Waals surface area contributed by atoms with E-state index in [2.05, 4.69) is 5.32 Å². The molecule has 1 aromatic carbocycles. The molecule has 0 aliphatic carbocycles. The number of amides is 1. The number of methoxy groups -OCH3 is 3. The van der Waals surface area contributed by atoms with Crippen LogP contribution < -0.4 is 14.8 Å². The van der Waals surface area contributed by atoms with E-state index in [9.17, 15) is 4.79 Å². The van der Waals surface area contributed by atoms with E-state index < -0.39 is 0 Å². The molecule has 0 aliphatic rings. The van der Waals surface area contributed by atoms with Crippen molar-refractivity contribution in [2.75, 3.05) is 27.9 Å². The Labute approximate surface area is 113 Å². The third kappa shape index (κ3) is 4.13. The third-order valence-corrected chi connectivity index (χ3v) is 2.83. The molecule has 19 heavy (non-hydrogen) atoms. The van der Waals surface area contributed by atoms with Crippen molar-refractivity contribution in [2.24, 2.45) is 0 Å². The fourth-order valence-electron chi connectivity index (χ4n) is 1.86. The van der Waals surface area contributed by atoms with Gasteiger partial charge in [0.2, 0.25) is 5.91 Å². The molecule has 0 fully saturated rings. The second-order valence-corrected chi connectivity index (χ2v) is 4.08. The molecule has 5 heteroatoms. The number of carbonyl (C=O) groups is 1. The first-order chi connectivity index (χ1) is 9.15. The molecule has 1 aromatic rings. The largest absolute Gasteiger partial charge is 0.493 e. The summed E-state index contributed by atoms with van der Waals surface area (Å²) in [7, 11) is 4.68. The number of carbonyl (C=O) groups excluding carboxylic acids is 1. The maximum Gasteiger partial charge on any atom is 0.246 e. The van der Waals surface area contributed by atoms with E-state index in [1.54, 1.807) is 14.2 Å². The summed E-state index contributed by atoms with van der Waals surface area (Å²) < 4.78 is 15.3.